The van der Waals surface area contributed by atoms with Crippen molar-refractivity contribution in [1.29, 1.82) is 0 Å². The van der Waals surface area contributed by atoms with E-state index in [1.807, 2.05) is 0 Å². The fourth-order valence-electron chi connectivity index (χ4n) is 9.16. The predicted octanol–water partition coefficient (Wildman–Crippen LogP) is 4.02. The van der Waals surface area contributed by atoms with E-state index in [2.05, 4.69) is 34.3 Å². The van der Waals surface area contributed by atoms with E-state index < -0.39 is 12.1 Å². The number of aliphatic hydroxyl groups is 1. The second-order valence-electron chi connectivity index (χ2n) is 10.7. The molecule has 2 heterocycles. The van der Waals surface area contributed by atoms with Gasteiger partial charge >= 0.3 is 0 Å². The number of ether oxygens (including phenoxy) is 3. The molecule has 4 heteroatoms. The maximum Gasteiger partial charge on any atom is 0.164 e. The van der Waals surface area contributed by atoms with Crippen LogP contribution in [0.2, 0.25) is 0 Å². The van der Waals surface area contributed by atoms with Crippen molar-refractivity contribution in [3.8, 4) is 0 Å². The largest absolute Gasteiger partial charge is 0.367 e. The molecule has 7 rings (SSSR count). The van der Waals surface area contributed by atoms with E-state index in [0.29, 0.717) is 23.7 Å². The number of hydrogen-bond donors (Lipinski definition) is 1. The number of hydrogen-bond acceptors (Lipinski definition) is 4. The molecule has 0 aromatic heterocycles. The molecule has 5 saturated carbocycles. The van der Waals surface area contributed by atoms with Gasteiger partial charge in [0.2, 0.25) is 0 Å². The first-order chi connectivity index (χ1) is 12.8. The zero-order valence-electron chi connectivity index (χ0n) is 17.2. The van der Waals surface area contributed by atoms with Crippen LogP contribution in [0.25, 0.3) is 0 Å². The van der Waals surface area contributed by atoms with E-state index in [1.54, 1.807) is 0 Å². The van der Waals surface area contributed by atoms with Crippen LogP contribution in [0, 0.1) is 34.5 Å². The third-order valence-corrected chi connectivity index (χ3v) is 9.88. The number of aliphatic hydroxyl groups excluding tert-OH is 1. The second kappa shape index (κ2) is 4.83. The highest BCUT2D eigenvalue weighted by Gasteiger charge is 2.94. The third-order valence-electron chi connectivity index (χ3n) is 9.88. The van der Waals surface area contributed by atoms with Crippen LogP contribution in [-0.4, -0.2) is 35.0 Å². The molecule has 10 atom stereocenters. The average Bonchev–Trinajstić information content (AvgIpc) is 3.15. The Hall–Kier alpha value is -0.420. The van der Waals surface area contributed by atoms with Gasteiger partial charge in [0.15, 0.2) is 12.1 Å². The van der Waals surface area contributed by atoms with Crippen molar-refractivity contribution in [2.24, 2.45) is 34.5 Å². The van der Waals surface area contributed by atoms with Crippen LogP contribution >= 0.6 is 0 Å². The molecule has 7 fully saturated rings. The molecule has 7 aliphatic rings. The SMILES string of the molecule is C=C1C2CC3C4(CC)C(CC(CC)OC4O)CC4OC(C)(C)OC15C(C2)C435. The van der Waals surface area contributed by atoms with Gasteiger partial charge in [0.05, 0.1) is 12.2 Å². The van der Waals surface area contributed by atoms with Crippen molar-refractivity contribution in [1.82, 2.24) is 0 Å². The molecule has 0 aromatic carbocycles. The Morgan fingerprint density at radius 2 is 1.85 bits per heavy atom. The number of fused-ring (bicyclic) bond motifs is 1. The molecule has 5 aliphatic carbocycles. The van der Waals surface area contributed by atoms with Crippen molar-refractivity contribution in [3.63, 3.8) is 0 Å². The Balaban J connectivity index is 1.52. The lowest BCUT2D eigenvalue weighted by molar-refractivity contribution is -0.373. The fourth-order valence-corrected chi connectivity index (χ4v) is 9.16. The Bertz CT molecular complexity index is 717. The summed E-state index contributed by atoms with van der Waals surface area (Å²) in [5.74, 6) is 1.39. The van der Waals surface area contributed by atoms with Crippen molar-refractivity contribution in [2.75, 3.05) is 0 Å². The molecular formula is C23H34O4. The molecule has 4 nitrogen and oxygen atoms in total. The Morgan fingerprint density at radius 1 is 1.11 bits per heavy atom. The normalized spacial score (nSPS) is 62.0. The Morgan fingerprint density at radius 3 is 2.56 bits per heavy atom. The summed E-state index contributed by atoms with van der Waals surface area (Å²) >= 11 is 0. The molecule has 2 spiro atoms. The van der Waals surface area contributed by atoms with Gasteiger partial charge in [0, 0.05) is 16.7 Å². The van der Waals surface area contributed by atoms with Crippen LogP contribution in [0.4, 0.5) is 0 Å². The second-order valence-corrected chi connectivity index (χ2v) is 10.7. The van der Waals surface area contributed by atoms with Crippen LogP contribution in [-0.2, 0) is 14.2 Å². The topological polar surface area (TPSA) is 47.9 Å². The van der Waals surface area contributed by atoms with Crippen LogP contribution < -0.4 is 0 Å². The van der Waals surface area contributed by atoms with Gasteiger partial charge in [0.25, 0.3) is 0 Å². The Labute approximate surface area is 162 Å². The maximum atomic E-state index is 11.3. The molecule has 0 aromatic rings. The average molecular weight is 375 g/mol. The van der Waals surface area contributed by atoms with E-state index in [-0.39, 0.29) is 28.6 Å². The molecule has 27 heavy (non-hydrogen) atoms. The fraction of sp³-hybridized carbons (Fsp3) is 0.913. The zero-order valence-corrected chi connectivity index (χ0v) is 17.2. The van der Waals surface area contributed by atoms with Gasteiger partial charge in [-0.25, -0.2) is 0 Å². The summed E-state index contributed by atoms with van der Waals surface area (Å²) in [6.45, 7) is 13.1. The molecule has 2 aliphatic heterocycles. The minimum Gasteiger partial charge on any atom is -0.367 e. The van der Waals surface area contributed by atoms with Gasteiger partial charge in [-0.1, -0.05) is 20.4 Å². The van der Waals surface area contributed by atoms with Gasteiger partial charge in [-0.15, -0.1) is 0 Å². The molecule has 4 bridgehead atoms. The summed E-state index contributed by atoms with van der Waals surface area (Å²) in [6.07, 6.45) is 6.08. The number of rotatable bonds is 2. The van der Waals surface area contributed by atoms with Crippen LogP contribution in [0.1, 0.15) is 66.2 Å². The summed E-state index contributed by atoms with van der Waals surface area (Å²) in [7, 11) is 0. The molecule has 10 unspecified atom stereocenters. The maximum absolute atomic E-state index is 11.3. The minimum atomic E-state index is -0.662. The van der Waals surface area contributed by atoms with Crippen molar-refractivity contribution in [2.45, 2.75) is 96.1 Å². The van der Waals surface area contributed by atoms with Crippen LogP contribution in [0.3, 0.4) is 0 Å². The van der Waals surface area contributed by atoms with Crippen LogP contribution in [0.15, 0.2) is 12.2 Å². The van der Waals surface area contributed by atoms with Gasteiger partial charge in [-0.05, 0) is 75.7 Å². The Kier molecular flexibility index (Phi) is 3.12. The monoisotopic (exact) mass is 374 g/mol. The first-order valence-corrected chi connectivity index (χ1v) is 11.2. The van der Waals surface area contributed by atoms with Gasteiger partial charge < -0.3 is 19.3 Å². The summed E-state index contributed by atoms with van der Waals surface area (Å²) in [6, 6.07) is 0. The summed E-state index contributed by atoms with van der Waals surface area (Å²) in [5, 5.41) is 11.3. The van der Waals surface area contributed by atoms with Gasteiger partial charge in [-0.3, -0.25) is 0 Å². The van der Waals surface area contributed by atoms with E-state index in [9.17, 15) is 5.11 Å². The lowest BCUT2D eigenvalue weighted by Gasteiger charge is -2.66. The van der Waals surface area contributed by atoms with Gasteiger partial charge in [-0.2, -0.15) is 0 Å². The van der Waals surface area contributed by atoms with Crippen molar-refractivity contribution >= 4 is 0 Å². The summed E-state index contributed by atoms with van der Waals surface area (Å²) < 4.78 is 19.6. The lowest BCUT2D eigenvalue weighted by Crippen LogP contribution is -2.69. The van der Waals surface area contributed by atoms with Crippen LogP contribution in [0.5, 0.6) is 0 Å². The molecule has 2 saturated heterocycles. The zero-order chi connectivity index (χ0) is 19.0. The highest BCUT2D eigenvalue weighted by molar-refractivity contribution is 5.52. The molecule has 0 radical (unpaired) electrons. The smallest absolute Gasteiger partial charge is 0.164 e. The standard InChI is InChI=1S/C23H34O4/c1-6-15-10-14-11-18-22-16(21(14,7-2)19(24)25-15)8-13-9-17(22)23(22,12(13)3)27-20(4,5)26-18/h13-19,24H,3,6-11H2,1-2,4-5H3. The van der Waals surface area contributed by atoms with Gasteiger partial charge in [0.1, 0.15) is 5.60 Å². The first kappa shape index (κ1) is 17.4. The van der Waals surface area contributed by atoms with E-state index >= 15 is 0 Å². The third kappa shape index (κ3) is 1.59. The molecule has 1 N–H and O–H groups in total. The quantitative estimate of drug-likeness (QED) is 0.742. The molecule has 0 amide bonds. The van der Waals surface area contributed by atoms with E-state index in [1.165, 1.54) is 12.0 Å². The predicted molar refractivity (Wildman–Crippen MR) is 101 cm³/mol. The van der Waals surface area contributed by atoms with Crippen molar-refractivity contribution < 1.29 is 19.3 Å². The first-order valence-electron chi connectivity index (χ1n) is 11.2. The summed E-state index contributed by atoms with van der Waals surface area (Å²) in [5.41, 5.74) is 0.981. The molecular weight excluding hydrogens is 340 g/mol. The van der Waals surface area contributed by atoms with E-state index in [4.69, 9.17) is 14.2 Å². The van der Waals surface area contributed by atoms with Crippen molar-refractivity contribution in [3.05, 3.63) is 12.2 Å². The summed E-state index contributed by atoms with van der Waals surface area (Å²) in [4.78, 5) is 0. The highest BCUT2D eigenvalue weighted by Crippen LogP contribution is 2.90. The highest BCUT2D eigenvalue weighted by atomic mass is 16.7. The lowest BCUT2D eigenvalue weighted by atomic mass is 9.44. The van der Waals surface area contributed by atoms with E-state index in [0.717, 1.165) is 32.1 Å². The molecule has 150 valence electrons. The minimum absolute atomic E-state index is 0.0181.